The van der Waals surface area contributed by atoms with Crippen molar-refractivity contribution in [2.24, 2.45) is 0 Å². The summed E-state index contributed by atoms with van der Waals surface area (Å²) in [6.07, 6.45) is 1.64. The Morgan fingerprint density at radius 1 is 0.964 bits per heavy atom. The van der Waals surface area contributed by atoms with E-state index in [1.165, 1.54) is 5.69 Å². The lowest BCUT2D eigenvalue weighted by Crippen LogP contribution is -2.21. The monoisotopic (exact) mass is 374 g/mol. The highest BCUT2D eigenvalue weighted by atomic mass is 16.1. The van der Waals surface area contributed by atoms with Gasteiger partial charge in [-0.25, -0.2) is 4.98 Å². The molecule has 2 N–H and O–H groups in total. The predicted octanol–water partition coefficient (Wildman–Crippen LogP) is 5.23. The molecular formula is C23H26N4O. The van der Waals surface area contributed by atoms with Crippen molar-refractivity contribution in [3.63, 3.8) is 0 Å². The van der Waals surface area contributed by atoms with E-state index in [-0.39, 0.29) is 5.91 Å². The van der Waals surface area contributed by atoms with Gasteiger partial charge in [-0.2, -0.15) is 0 Å². The van der Waals surface area contributed by atoms with E-state index in [1.54, 1.807) is 18.3 Å². The number of anilines is 4. The van der Waals surface area contributed by atoms with Gasteiger partial charge in [-0.3, -0.25) is 4.79 Å². The standard InChI is InChI=1S/C23H26N4O/c1-4-27(5-2)21-11-9-19(10-12-21)25-22-16-18(13-14-24-22)23(28)26-20-8-6-7-17(3)15-20/h6-16H,4-5H2,1-3H3,(H,24,25)(H,26,28). The van der Waals surface area contributed by atoms with E-state index < -0.39 is 0 Å². The maximum atomic E-state index is 12.5. The molecule has 0 saturated heterocycles. The maximum Gasteiger partial charge on any atom is 0.255 e. The van der Waals surface area contributed by atoms with Crippen LogP contribution in [0.15, 0.2) is 66.9 Å². The number of aromatic nitrogens is 1. The number of carbonyl (C=O) groups excluding carboxylic acids is 1. The first-order chi connectivity index (χ1) is 13.6. The third-order valence-corrected chi connectivity index (χ3v) is 4.57. The van der Waals surface area contributed by atoms with E-state index in [0.717, 1.165) is 30.0 Å². The first-order valence-electron chi connectivity index (χ1n) is 9.55. The Labute approximate surface area is 166 Å². The molecule has 0 radical (unpaired) electrons. The molecule has 2 aromatic carbocycles. The molecule has 5 heteroatoms. The Kier molecular flexibility index (Phi) is 6.27. The molecule has 0 aliphatic rings. The van der Waals surface area contributed by atoms with Gasteiger partial charge in [-0.1, -0.05) is 12.1 Å². The van der Waals surface area contributed by atoms with E-state index in [4.69, 9.17) is 0 Å². The number of benzene rings is 2. The van der Waals surface area contributed by atoms with E-state index >= 15 is 0 Å². The molecule has 0 fully saturated rings. The number of hydrogen-bond donors (Lipinski definition) is 2. The van der Waals surface area contributed by atoms with Gasteiger partial charge in [0.25, 0.3) is 5.91 Å². The third kappa shape index (κ3) is 4.88. The van der Waals surface area contributed by atoms with Crippen molar-refractivity contribution in [3.8, 4) is 0 Å². The van der Waals surface area contributed by atoms with Gasteiger partial charge in [0.2, 0.25) is 0 Å². The van der Waals surface area contributed by atoms with Crippen molar-refractivity contribution >= 4 is 28.8 Å². The van der Waals surface area contributed by atoms with Crippen LogP contribution in [0.25, 0.3) is 0 Å². The SMILES string of the molecule is CCN(CC)c1ccc(Nc2cc(C(=O)Nc3cccc(C)c3)ccn2)cc1. The predicted molar refractivity (Wildman–Crippen MR) is 117 cm³/mol. The van der Waals surface area contributed by atoms with Crippen molar-refractivity contribution in [2.75, 3.05) is 28.6 Å². The van der Waals surface area contributed by atoms with Gasteiger partial charge in [0.1, 0.15) is 5.82 Å². The second kappa shape index (κ2) is 9.04. The number of nitrogens with one attached hydrogen (secondary N) is 2. The van der Waals surface area contributed by atoms with Crippen molar-refractivity contribution in [2.45, 2.75) is 20.8 Å². The van der Waals surface area contributed by atoms with Crippen LogP contribution in [0.3, 0.4) is 0 Å². The fourth-order valence-corrected chi connectivity index (χ4v) is 3.06. The quantitative estimate of drug-likeness (QED) is 0.594. The molecule has 0 bridgehead atoms. The van der Waals surface area contributed by atoms with Crippen LogP contribution in [0.5, 0.6) is 0 Å². The van der Waals surface area contributed by atoms with Crippen LogP contribution in [0, 0.1) is 6.92 Å². The van der Waals surface area contributed by atoms with Crippen LogP contribution in [-0.4, -0.2) is 24.0 Å². The molecular weight excluding hydrogens is 348 g/mol. The van der Waals surface area contributed by atoms with Crippen molar-refractivity contribution in [1.29, 1.82) is 0 Å². The van der Waals surface area contributed by atoms with Crippen molar-refractivity contribution < 1.29 is 4.79 Å². The molecule has 1 amide bonds. The van der Waals surface area contributed by atoms with Crippen LogP contribution in [0.2, 0.25) is 0 Å². The summed E-state index contributed by atoms with van der Waals surface area (Å²) in [5.41, 5.74) is 4.56. The summed E-state index contributed by atoms with van der Waals surface area (Å²) in [6.45, 7) is 8.24. The minimum atomic E-state index is -0.159. The number of nitrogens with zero attached hydrogens (tertiary/aromatic N) is 2. The van der Waals surface area contributed by atoms with Gasteiger partial charge < -0.3 is 15.5 Å². The Bertz CT molecular complexity index is 933. The number of carbonyl (C=O) groups is 1. The van der Waals surface area contributed by atoms with Crippen LogP contribution < -0.4 is 15.5 Å². The third-order valence-electron chi connectivity index (χ3n) is 4.57. The molecule has 1 heterocycles. The second-order valence-electron chi connectivity index (χ2n) is 6.60. The van der Waals surface area contributed by atoms with Gasteiger partial charge in [0.05, 0.1) is 0 Å². The highest BCUT2D eigenvalue weighted by Crippen LogP contribution is 2.21. The number of pyridine rings is 1. The van der Waals surface area contributed by atoms with Crippen LogP contribution in [-0.2, 0) is 0 Å². The summed E-state index contributed by atoms with van der Waals surface area (Å²) < 4.78 is 0. The summed E-state index contributed by atoms with van der Waals surface area (Å²) in [7, 11) is 0. The maximum absolute atomic E-state index is 12.5. The van der Waals surface area contributed by atoms with Crippen LogP contribution >= 0.6 is 0 Å². The minimum absolute atomic E-state index is 0.159. The average Bonchev–Trinajstić information content (AvgIpc) is 2.70. The zero-order valence-electron chi connectivity index (χ0n) is 16.6. The smallest absolute Gasteiger partial charge is 0.255 e. The first-order valence-corrected chi connectivity index (χ1v) is 9.55. The number of aryl methyl sites for hydroxylation is 1. The molecule has 0 saturated carbocycles. The summed E-state index contributed by atoms with van der Waals surface area (Å²) in [5.74, 6) is 0.473. The normalized spacial score (nSPS) is 10.4. The largest absolute Gasteiger partial charge is 0.372 e. The Morgan fingerprint density at radius 2 is 1.71 bits per heavy atom. The Morgan fingerprint density at radius 3 is 2.39 bits per heavy atom. The summed E-state index contributed by atoms with van der Waals surface area (Å²) in [5, 5.41) is 6.19. The summed E-state index contributed by atoms with van der Waals surface area (Å²) >= 11 is 0. The molecule has 28 heavy (non-hydrogen) atoms. The fraction of sp³-hybridized carbons (Fsp3) is 0.217. The molecule has 1 aromatic heterocycles. The zero-order valence-corrected chi connectivity index (χ0v) is 16.6. The van der Waals surface area contributed by atoms with Gasteiger partial charge in [-0.05, 0) is 74.9 Å². The van der Waals surface area contributed by atoms with E-state index in [1.807, 2.05) is 43.3 Å². The second-order valence-corrected chi connectivity index (χ2v) is 6.60. The lowest BCUT2D eigenvalue weighted by atomic mass is 10.2. The molecule has 3 rings (SSSR count). The lowest BCUT2D eigenvalue weighted by molar-refractivity contribution is 0.102. The minimum Gasteiger partial charge on any atom is -0.372 e. The number of rotatable bonds is 7. The molecule has 0 unspecified atom stereocenters. The summed E-state index contributed by atoms with van der Waals surface area (Å²) in [4.78, 5) is 19.2. The topological polar surface area (TPSA) is 57.3 Å². The van der Waals surface area contributed by atoms with Gasteiger partial charge in [-0.15, -0.1) is 0 Å². The van der Waals surface area contributed by atoms with Gasteiger partial charge in [0, 0.05) is 41.9 Å². The molecule has 3 aromatic rings. The fourth-order valence-electron chi connectivity index (χ4n) is 3.06. The summed E-state index contributed by atoms with van der Waals surface area (Å²) in [6, 6.07) is 19.4. The van der Waals surface area contributed by atoms with E-state index in [0.29, 0.717) is 11.4 Å². The number of amides is 1. The van der Waals surface area contributed by atoms with Gasteiger partial charge >= 0.3 is 0 Å². The highest BCUT2D eigenvalue weighted by molar-refractivity contribution is 6.04. The number of hydrogen-bond acceptors (Lipinski definition) is 4. The lowest BCUT2D eigenvalue weighted by Gasteiger charge is -2.21. The Balaban J connectivity index is 1.70. The van der Waals surface area contributed by atoms with Gasteiger partial charge in [0.15, 0.2) is 0 Å². The van der Waals surface area contributed by atoms with Crippen molar-refractivity contribution in [1.82, 2.24) is 4.98 Å². The molecule has 0 aliphatic carbocycles. The molecule has 0 aliphatic heterocycles. The van der Waals surface area contributed by atoms with Crippen molar-refractivity contribution in [3.05, 3.63) is 78.0 Å². The van der Waals surface area contributed by atoms with E-state index in [9.17, 15) is 4.79 Å². The molecule has 5 nitrogen and oxygen atoms in total. The Hall–Kier alpha value is -3.34. The van der Waals surface area contributed by atoms with Crippen LogP contribution in [0.4, 0.5) is 22.9 Å². The zero-order chi connectivity index (χ0) is 19.9. The molecule has 0 spiro atoms. The molecule has 144 valence electrons. The first kappa shape index (κ1) is 19.4. The molecule has 0 atom stereocenters. The van der Waals surface area contributed by atoms with E-state index in [2.05, 4.69) is 46.5 Å². The average molecular weight is 374 g/mol. The van der Waals surface area contributed by atoms with Crippen LogP contribution in [0.1, 0.15) is 29.8 Å². The highest BCUT2D eigenvalue weighted by Gasteiger charge is 2.08.